The van der Waals surface area contributed by atoms with Gasteiger partial charge in [0.05, 0.1) is 117 Å². The number of hydrogen-bond acceptors (Lipinski definition) is 23. The second-order valence-electron chi connectivity index (χ2n) is 29.3. The molecule has 0 spiro atoms. The Morgan fingerprint density at radius 2 is 0.810 bits per heavy atom. The summed E-state index contributed by atoms with van der Waals surface area (Å²) < 4.78 is 170. The molecule has 1 atom stereocenters. The van der Waals surface area contributed by atoms with Crippen molar-refractivity contribution >= 4 is 90.9 Å². The molecule has 9 aromatic rings. The topological polar surface area (TPSA) is 256 Å². The molecule has 6 aromatic carbocycles. The molecule has 4 aliphatic heterocycles. The van der Waals surface area contributed by atoms with Crippen molar-refractivity contribution in [2.75, 3.05) is 183 Å². The van der Waals surface area contributed by atoms with Crippen LogP contribution in [0.1, 0.15) is 44.7 Å². The quantitative estimate of drug-likeness (QED) is 0.00923. The fraction of sp³-hybridized carbons (Fsp3) is 0.422. The van der Waals surface area contributed by atoms with Crippen molar-refractivity contribution in [3.8, 4) is 70.1 Å². The van der Waals surface area contributed by atoms with Crippen LogP contribution < -0.4 is 105 Å². The average Bonchev–Trinajstić information content (AvgIpc) is 1.79. The maximum absolute atomic E-state index is 14.8. The first-order chi connectivity index (χ1) is 57.1. The maximum Gasteiger partial charge on any atom is 1.00 e. The summed E-state index contributed by atoms with van der Waals surface area (Å²) in [6.45, 7) is 37.4. The minimum Gasteiger partial charge on any atom is -1.00 e. The Hall–Kier alpha value is -7.62. The van der Waals surface area contributed by atoms with E-state index >= 15 is 0 Å². The van der Waals surface area contributed by atoms with E-state index in [4.69, 9.17) is 50.2 Å². The van der Waals surface area contributed by atoms with E-state index in [1.54, 1.807) is 12.1 Å². The molecule has 4 aliphatic rings. The second-order valence-corrected chi connectivity index (χ2v) is 40.1. The second kappa shape index (κ2) is 51.0. The number of hydrogen-bond donors (Lipinski definition) is 7. The number of nitrogens with zero attached hydrogens (tertiary/aromatic N) is 10. The van der Waals surface area contributed by atoms with Gasteiger partial charge in [-0.1, -0.05) is 66.4 Å². The van der Waals surface area contributed by atoms with Gasteiger partial charge in [-0.2, -0.15) is 0 Å². The molecule has 121 heavy (non-hydrogen) atoms. The minimum absolute atomic E-state index is 0. The average molecular weight is 1960 g/mol. The zero-order chi connectivity index (χ0) is 86.2. The van der Waals surface area contributed by atoms with Crippen molar-refractivity contribution in [2.24, 2.45) is 0 Å². The molecule has 7 N–H and O–H groups in total. The summed E-state index contributed by atoms with van der Waals surface area (Å²) in [6.07, 6.45) is 13.4. The minimum atomic E-state index is -1.63. The van der Waals surface area contributed by atoms with Gasteiger partial charge in [-0.25, -0.2) is 39.5 Å². The first kappa shape index (κ1) is 102. The molecular formula is C83H103CsF10IN16O8Si2+. The van der Waals surface area contributed by atoms with E-state index in [1.807, 2.05) is 22.6 Å². The molecule has 24 nitrogen and oxygen atoms in total. The summed E-state index contributed by atoms with van der Waals surface area (Å²) >= 11 is 1.96. The van der Waals surface area contributed by atoms with Crippen LogP contribution in [0, 0.1) is 91.7 Å². The standard InChI is InChI=1S/C25H28F3N5O2Si.C22H20F3N5O2.C20H19F3IN5O2.C10H22NO.C5H10Si.CH4O.Cs.FH/c1-36(2,3)15-8-17-4-7-21(20(27)16-17)30-23-18(5-6-19(26)22(23)28)24-31-32-25(35-24)29-9-10-33-11-13-34-14-12-33;1-2-14-3-6-18(17(24)13-14)27-20-15(4-5-16(23)19(20)25)21-28-29-22(32-21)26-7-8-30-9-11-31-12-10-30;21-14-3-2-13(18(17(14)23)26-16-4-1-12(24)11-15(16)22)19-27-28-20(31-19)25-5-6-29-7-9-30-10-8-29;1-4-11(5-2,6-3)10-8-7-9-12-10;1-5-6(2,3)4;1-2;;/h4-7,16,30H,9-14H2,1-3H3,(H,29,32);1,3-6,13,27H,7-12H2,(H,26,29);1-4,11,26H,5-10H2,(H,25,28);10H,4-9H2,1-3H3;1H,2-4H3;2H,1H3;;1H/q;;;+1;;;+1;/p-1. The van der Waals surface area contributed by atoms with E-state index in [0.717, 1.165) is 101 Å². The van der Waals surface area contributed by atoms with E-state index in [1.165, 1.54) is 87.1 Å². The maximum atomic E-state index is 14.8. The number of anilines is 9. The van der Waals surface area contributed by atoms with E-state index in [2.05, 4.69) is 160 Å². The first-order valence-electron chi connectivity index (χ1n) is 38.9. The van der Waals surface area contributed by atoms with Gasteiger partial charge in [0.15, 0.2) is 41.1 Å². The van der Waals surface area contributed by atoms with Crippen LogP contribution in [-0.4, -0.2) is 229 Å². The fourth-order valence-electron chi connectivity index (χ4n) is 12.1. The molecule has 0 amide bonds. The number of quaternary nitrogens is 1. The molecular weight excluding hydrogens is 1850 g/mol. The molecule has 0 saturated carbocycles. The fourth-order valence-corrected chi connectivity index (χ4v) is 13.1. The molecule has 0 bridgehead atoms. The number of benzene rings is 6. The molecule has 0 aliphatic carbocycles. The Kier molecular flexibility index (Phi) is 43.0. The molecule has 7 heterocycles. The van der Waals surface area contributed by atoms with Crippen LogP contribution >= 0.6 is 22.6 Å². The van der Waals surface area contributed by atoms with Gasteiger partial charge in [-0.05, 0) is 141 Å². The summed E-state index contributed by atoms with van der Waals surface area (Å²) in [5.74, 6) is -3.66. The van der Waals surface area contributed by atoms with E-state index < -0.39 is 68.5 Å². The Labute approximate surface area is 774 Å². The number of nitrogens with one attached hydrogen (secondary N) is 6. The number of ether oxygens (including phenoxy) is 4. The monoisotopic (exact) mass is 1960 g/mol. The van der Waals surface area contributed by atoms with E-state index in [0.29, 0.717) is 80.2 Å². The van der Waals surface area contributed by atoms with Gasteiger partial charge < -0.3 is 73.9 Å². The number of aromatic nitrogens is 6. The van der Waals surface area contributed by atoms with Crippen LogP contribution in [0.5, 0.6) is 0 Å². The largest absolute Gasteiger partial charge is 1.00 e. The predicted molar refractivity (Wildman–Crippen MR) is 457 cm³/mol. The number of morpholine rings is 3. The number of aliphatic hydroxyl groups excluding tert-OH is 1. The van der Waals surface area contributed by atoms with Crippen molar-refractivity contribution < 1.29 is 155 Å². The smallest absolute Gasteiger partial charge is 1.00 e. The van der Waals surface area contributed by atoms with Crippen molar-refractivity contribution in [1.82, 2.24) is 45.3 Å². The Morgan fingerprint density at radius 3 is 1.12 bits per heavy atom. The summed E-state index contributed by atoms with van der Waals surface area (Å²) in [6, 6.07) is 19.8. The van der Waals surface area contributed by atoms with Crippen molar-refractivity contribution in [3.63, 3.8) is 0 Å². The van der Waals surface area contributed by atoms with Gasteiger partial charge in [0.2, 0.25) is 0 Å². The normalized spacial score (nSPS) is 14.8. The number of halogens is 11. The zero-order valence-corrected chi connectivity index (χ0v) is 80.2. The van der Waals surface area contributed by atoms with E-state index in [-0.39, 0.29) is 160 Å². The Balaban J connectivity index is 0.000000251. The summed E-state index contributed by atoms with van der Waals surface area (Å²) in [7, 11) is -1.74. The predicted octanol–water partition coefficient (Wildman–Crippen LogP) is 9.85. The van der Waals surface area contributed by atoms with Crippen molar-refractivity contribution in [2.45, 2.75) is 79.1 Å². The number of terminal acetylenes is 2. The van der Waals surface area contributed by atoms with Crippen LogP contribution in [0.4, 0.5) is 91.7 Å². The van der Waals surface area contributed by atoms with Crippen LogP contribution in [0.3, 0.4) is 0 Å². The number of aliphatic hydroxyl groups is 1. The third kappa shape index (κ3) is 31.5. The summed E-state index contributed by atoms with van der Waals surface area (Å²) in [5.41, 5.74) is 5.97. The van der Waals surface area contributed by atoms with Crippen molar-refractivity contribution in [3.05, 3.63) is 158 Å². The van der Waals surface area contributed by atoms with Gasteiger partial charge in [-0.3, -0.25) is 19.2 Å². The first-order valence-corrected chi connectivity index (χ1v) is 47.0. The summed E-state index contributed by atoms with van der Waals surface area (Å²) in [5, 5.41) is 47.5. The third-order valence-electron chi connectivity index (χ3n) is 18.9. The molecule has 0 radical (unpaired) electrons. The zero-order valence-electron chi connectivity index (χ0n) is 69.8. The van der Waals surface area contributed by atoms with Crippen LogP contribution in [0.25, 0.3) is 34.4 Å². The molecule has 4 fully saturated rings. The summed E-state index contributed by atoms with van der Waals surface area (Å²) in [4.78, 5) is 6.70. The van der Waals surface area contributed by atoms with Gasteiger partial charge >= 0.3 is 86.9 Å². The molecule has 4 saturated heterocycles. The third-order valence-corrected chi connectivity index (χ3v) is 21.3. The molecule has 648 valence electrons. The molecule has 3 aromatic heterocycles. The van der Waals surface area contributed by atoms with Gasteiger partial charge in [0.1, 0.15) is 33.6 Å². The van der Waals surface area contributed by atoms with Crippen LogP contribution in [0.15, 0.2) is 104 Å². The van der Waals surface area contributed by atoms with Gasteiger partial charge in [0, 0.05) is 107 Å². The molecule has 1 unspecified atom stereocenters. The SMILES string of the molecule is C#C[Si](C)(C)C.C#Cc1ccc(Nc2c(-c3nnc(NCCN4CCOCC4)o3)ccc(F)c2F)c(F)c1.CC[N+](CC)(CC)C1CCCO1.CO.C[Si](C)(C)C#Cc1ccc(Nc2c(-c3nnc(NCCN4CCOCC4)o3)ccc(F)c2F)c(F)c1.Fc1cc(I)ccc1Nc1c(-c2nnc(NCCN3CCOCC3)o2)ccc(F)c1F.[Cs+].[F-]. The molecule has 13 rings (SSSR count). The van der Waals surface area contributed by atoms with Gasteiger partial charge in [0.25, 0.3) is 17.7 Å². The van der Waals surface area contributed by atoms with Crippen LogP contribution in [0.2, 0.25) is 39.3 Å². The number of rotatable bonds is 25. The Bertz CT molecular complexity index is 4870. The van der Waals surface area contributed by atoms with Crippen molar-refractivity contribution in [1.29, 1.82) is 0 Å². The molecule has 38 heteroatoms. The van der Waals surface area contributed by atoms with Gasteiger partial charge in [-0.15, -0.1) is 39.2 Å². The van der Waals surface area contributed by atoms with Crippen LogP contribution in [-0.2, 0) is 18.9 Å². The Morgan fingerprint density at radius 1 is 0.471 bits per heavy atom. The van der Waals surface area contributed by atoms with E-state index in [9.17, 15) is 39.5 Å².